The average molecular weight is 134 g/mol. The van der Waals surface area contributed by atoms with Crippen molar-refractivity contribution in [3.8, 4) is 0 Å². The number of H-pyrrole nitrogens is 1. The molecule has 3 N–H and O–H groups in total. The number of aromatic amines is 1. The van der Waals surface area contributed by atoms with Gasteiger partial charge >= 0.3 is 0 Å². The third-order valence-electron chi connectivity index (χ3n) is 1.38. The summed E-state index contributed by atoms with van der Waals surface area (Å²) in [5, 5.41) is 7.61. The van der Waals surface area contributed by atoms with Gasteiger partial charge in [-0.25, -0.2) is 4.98 Å². The molecule has 0 aromatic carbocycles. The highest BCUT2D eigenvalue weighted by Gasteiger charge is 1.97. The molecule has 0 aliphatic carbocycles. The SMILES string of the molecule is Nc1nccc2c[nH]nc12. The smallest absolute Gasteiger partial charge is 0.151 e. The Bertz CT molecular complexity index is 351. The zero-order valence-electron chi connectivity index (χ0n) is 5.20. The lowest BCUT2D eigenvalue weighted by atomic mass is 10.3. The van der Waals surface area contributed by atoms with Crippen LogP contribution in [0.25, 0.3) is 10.9 Å². The van der Waals surface area contributed by atoms with Crippen LogP contribution in [0.15, 0.2) is 18.5 Å². The summed E-state index contributed by atoms with van der Waals surface area (Å²) in [4.78, 5) is 3.87. The zero-order valence-corrected chi connectivity index (χ0v) is 5.20. The Morgan fingerprint density at radius 3 is 3.20 bits per heavy atom. The molecule has 0 aliphatic heterocycles. The minimum Gasteiger partial charge on any atom is -0.382 e. The molecule has 0 saturated carbocycles. The van der Waals surface area contributed by atoms with Gasteiger partial charge in [-0.1, -0.05) is 0 Å². The fraction of sp³-hybridized carbons (Fsp3) is 0. The molecule has 0 bridgehead atoms. The fourth-order valence-corrected chi connectivity index (χ4v) is 0.890. The van der Waals surface area contributed by atoms with Crippen LogP contribution in [0.4, 0.5) is 5.82 Å². The third-order valence-corrected chi connectivity index (χ3v) is 1.38. The summed E-state index contributed by atoms with van der Waals surface area (Å²) in [6.45, 7) is 0. The van der Waals surface area contributed by atoms with E-state index in [-0.39, 0.29) is 0 Å². The van der Waals surface area contributed by atoms with Crippen LogP contribution < -0.4 is 5.73 Å². The monoisotopic (exact) mass is 134 g/mol. The quantitative estimate of drug-likeness (QED) is 0.552. The van der Waals surface area contributed by atoms with Crippen LogP contribution in [-0.4, -0.2) is 15.2 Å². The maximum Gasteiger partial charge on any atom is 0.151 e. The minimum absolute atomic E-state index is 0.471. The Kier molecular flexibility index (Phi) is 0.887. The molecule has 2 aromatic heterocycles. The molecule has 4 nitrogen and oxygen atoms in total. The summed E-state index contributed by atoms with van der Waals surface area (Å²) in [5.74, 6) is 0.471. The molecular weight excluding hydrogens is 128 g/mol. The van der Waals surface area contributed by atoms with Crippen LogP contribution in [-0.2, 0) is 0 Å². The van der Waals surface area contributed by atoms with E-state index in [1.165, 1.54) is 0 Å². The molecule has 2 rings (SSSR count). The van der Waals surface area contributed by atoms with Gasteiger partial charge < -0.3 is 5.73 Å². The van der Waals surface area contributed by atoms with Crippen LogP contribution in [0, 0.1) is 0 Å². The first-order chi connectivity index (χ1) is 4.88. The molecule has 0 saturated heterocycles. The topological polar surface area (TPSA) is 67.6 Å². The van der Waals surface area contributed by atoms with Gasteiger partial charge in [0.25, 0.3) is 0 Å². The van der Waals surface area contributed by atoms with E-state index in [0.29, 0.717) is 5.82 Å². The lowest BCUT2D eigenvalue weighted by Gasteiger charge is -1.89. The summed E-state index contributed by atoms with van der Waals surface area (Å²) in [6.07, 6.45) is 3.44. The summed E-state index contributed by atoms with van der Waals surface area (Å²) in [7, 11) is 0. The van der Waals surface area contributed by atoms with Crippen molar-refractivity contribution in [2.75, 3.05) is 5.73 Å². The fourth-order valence-electron chi connectivity index (χ4n) is 0.890. The normalized spacial score (nSPS) is 10.4. The number of hydrogen-bond donors (Lipinski definition) is 2. The molecule has 4 heteroatoms. The molecule has 0 unspecified atom stereocenters. The second-order valence-corrected chi connectivity index (χ2v) is 2.02. The highest BCUT2D eigenvalue weighted by Crippen LogP contribution is 2.13. The molecular formula is C6H6N4. The van der Waals surface area contributed by atoms with Crippen molar-refractivity contribution in [2.24, 2.45) is 0 Å². The summed E-state index contributed by atoms with van der Waals surface area (Å²) < 4.78 is 0. The summed E-state index contributed by atoms with van der Waals surface area (Å²) in [6, 6.07) is 1.86. The van der Waals surface area contributed by atoms with Crippen molar-refractivity contribution >= 4 is 16.7 Å². The Balaban J connectivity index is 2.95. The van der Waals surface area contributed by atoms with E-state index in [9.17, 15) is 0 Å². The molecule has 2 heterocycles. The van der Waals surface area contributed by atoms with Gasteiger partial charge in [0.1, 0.15) is 5.52 Å². The van der Waals surface area contributed by atoms with Gasteiger partial charge in [0.15, 0.2) is 5.82 Å². The molecule has 0 amide bonds. The van der Waals surface area contributed by atoms with E-state index in [1.807, 2.05) is 6.07 Å². The zero-order chi connectivity index (χ0) is 6.97. The molecule has 0 spiro atoms. The van der Waals surface area contributed by atoms with E-state index in [1.54, 1.807) is 12.4 Å². The third kappa shape index (κ3) is 0.556. The van der Waals surface area contributed by atoms with Crippen molar-refractivity contribution in [3.05, 3.63) is 18.5 Å². The number of pyridine rings is 1. The number of nitrogens with two attached hydrogens (primary N) is 1. The Hall–Kier alpha value is -1.58. The van der Waals surface area contributed by atoms with Gasteiger partial charge in [0.05, 0.1) is 0 Å². The van der Waals surface area contributed by atoms with Crippen LogP contribution in [0.5, 0.6) is 0 Å². The largest absolute Gasteiger partial charge is 0.382 e. The Morgan fingerprint density at radius 1 is 1.50 bits per heavy atom. The molecule has 0 atom stereocenters. The number of nitrogen functional groups attached to an aromatic ring is 1. The number of aromatic nitrogens is 3. The van der Waals surface area contributed by atoms with Crippen molar-refractivity contribution in [3.63, 3.8) is 0 Å². The van der Waals surface area contributed by atoms with E-state index in [0.717, 1.165) is 10.9 Å². The maximum absolute atomic E-state index is 5.51. The van der Waals surface area contributed by atoms with Gasteiger partial charge in [-0.15, -0.1) is 0 Å². The number of nitrogens with zero attached hydrogens (tertiary/aromatic N) is 2. The first-order valence-electron chi connectivity index (χ1n) is 2.92. The summed E-state index contributed by atoms with van der Waals surface area (Å²) in [5.41, 5.74) is 6.25. The summed E-state index contributed by atoms with van der Waals surface area (Å²) >= 11 is 0. The van der Waals surface area contributed by atoms with Gasteiger partial charge in [0, 0.05) is 17.8 Å². The second-order valence-electron chi connectivity index (χ2n) is 2.02. The standard InChI is InChI=1S/C6H6N4/c7-6-5-4(1-2-8-6)3-9-10-5/h1-3H,(H2,7,8)(H,9,10). The first kappa shape index (κ1) is 5.22. The predicted octanol–water partition coefficient (Wildman–Crippen LogP) is 0.540. The lowest BCUT2D eigenvalue weighted by Crippen LogP contribution is -1.89. The highest BCUT2D eigenvalue weighted by molar-refractivity contribution is 5.86. The second kappa shape index (κ2) is 1.70. The number of anilines is 1. The number of fused-ring (bicyclic) bond motifs is 1. The van der Waals surface area contributed by atoms with Gasteiger partial charge in [-0.05, 0) is 6.07 Å². The van der Waals surface area contributed by atoms with Crippen LogP contribution in [0.2, 0.25) is 0 Å². The van der Waals surface area contributed by atoms with Gasteiger partial charge in [-0.2, -0.15) is 5.10 Å². The number of hydrogen-bond acceptors (Lipinski definition) is 3. The lowest BCUT2D eigenvalue weighted by molar-refractivity contribution is 1.12. The van der Waals surface area contributed by atoms with Crippen molar-refractivity contribution in [1.82, 2.24) is 15.2 Å². The van der Waals surface area contributed by atoms with Crippen LogP contribution in [0.1, 0.15) is 0 Å². The number of rotatable bonds is 0. The highest BCUT2D eigenvalue weighted by atomic mass is 15.1. The Labute approximate surface area is 57.1 Å². The Morgan fingerprint density at radius 2 is 2.40 bits per heavy atom. The average Bonchev–Trinajstić information content (AvgIpc) is 2.36. The molecule has 0 fully saturated rings. The number of nitrogens with one attached hydrogen (secondary N) is 1. The van der Waals surface area contributed by atoms with E-state index in [4.69, 9.17) is 5.73 Å². The van der Waals surface area contributed by atoms with Gasteiger partial charge in [0.2, 0.25) is 0 Å². The van der Waals surface area contributed by atoms with Gasteiger partial charge in [-0.3, -0.25) is 5.10 Å². The molecule has 0 radical (unpaired) electrons. The molecule has 0 aliphatic rings. The van der Waals surface area contributed by atoms with E-state index < -0.39 is 0 Å². The van der Waals surface area contributed by atoms with E-state index >= 15 is 0 Å². The van der Waals surface area contributed by atoms with Crippen LogP contribution in [0.3, 0.4) is 0 Å². The predicted molar refractivity (Wildman–Crippen MR) is 38.3 cm³/mol. The molecule has 10 heavy (non-hydrogen) atoms. The van der Waals surface area contributed by atoms with Crippen LogP contribution >= 0.6 is 0 Å². The van der Waals surface area contributed by atoms with E-state index in [2.05, 4.69) is 15.2 Å². The molecule has 50 valence electrons. The first-order valence-corrected chi connectivity index (χ1v) is 2.92. The van der Waals surface area contributed by atoms with Crippen molar-refractivity contribution in [1.29, 1.82) is 0 Å². The maximum atomic E-state index is 5.51. The minimum atomic E-state index is 0.471. The molecule has 2 aromatic rings. The van der Waals surface area contributed by atoms with Crippen molar-refractivity contribution < 1.29 is 0 Å². The van der Waals surface area contributed by atoms with Crippen molar-refractivity contribution in [2.45, 2.75) is 0 Å².